The van der Waals surface area contributed by atoms with Gasteiger partial charge < -0.3 is 14.4 Å². The highest BCUT2D eigenvalue weighted by molar-refractivity contribution is 5.57. The van der Waals surface area contributed by atoms with Crippen molar-refractivity contribution in [1.82, 2.24) is 9.38 Å². The number of hydrogen-bond acceptors (Lipinski definition) is 5. The zero-order chi connectivity index (χ0) is 17.9. The minimum atomic E-state index is -0.114. The summed E-state index contributed by atoms with van der Waals surface area (Å²) in [6.07, 6.45) is 1.71. The van der Waals surface area contributed by atoms with Crippen molar-refractivity contribution in [2.45, 2.75) is 13.5 Å². The number of ether oxygens (including phenoxy) is 2. The second-order valence-corrected chi connectivity index (χ2v) is 6.39. The van der Waals surface area contributed by atoms with Crippen LogP contribution in [0.15, 0.2) is 53.5 Å². The molecule has 1 aliphatic heterocycles. The van der Waals surface area contributed by atoms with Gasteiger partial charge in [-0.3, -0.25) is 9.20 Å². The normalized spacial score (nSPS) is 14.6. The number of aromatic nitrogens is 2. The van der Waals surface area contributed by atoms with Crippen molar-refractivity contribution in [3.05, 3.63) is 70.1 Å². The molecule has 26 heavy (non-hydrogen) atoms. The summed E-state index contributed by atoms with van der Waals surface area (Å²) in [4.78, 5) is 19.3. The Bertz CT molecular complexity index is 960. The highest BCUT2D eigenvalue weighted by atomic mass is 16.5. The summed E-state index contributed by atoms with van der Waals surface area (Å²) >= 11 is 0. The predicted molar refractivity (Wildman–Crippen MR) is 100 cm³/mol. The first kappa shape index (κ1) is 16.6. The first-order chi connectivity index (χ1) is 12.7. The van der Waals surface area contributed by atoms with Crippen LogP contribution in [0.2, 0.25) is 0 Å². The van der Waals surface area contributed by atoms with Crippen LogP contribution in [-0.4, -0.2) is 35.7 Å². The van der Waals surface area contributed by atoms with E-state index in [-0.39, 0.29) is 5.56 Å². The second kappa shape index (κ2) is 7.17. The van der Waals surface area contributed by atoms with Crippen LogP contribution in [0.4, 0.5) is 5.82 Å². The van der Waals surface area contributed by atoms with E-state index in [1.54, 1.807) is 18.3 Å². The monoisotopic (exact) mass is 351 g/mol. The number of fused-ring (bicyclic) bond motifs is 1. The second-order valence-electron chi connectivity index (χ2n) is 6.39. The summed E-state index contributed by atoms with van der Waals surface area (Å²) in [6.45, 7) is 5.24. The average Bonchev–Trinajstić information content (AvgIpc) is 2.68. The maximum absolute atomic E-state index is 12.5. The molecule has 1 aromatic carbocycles. The largest absolute Gasteiger partial charge is 0.485 e. The number of aryl methyl sites for hydroxylation is 1. The molecule has 6 heteroatoms. The number of hydrogen-bond donors (Lipinski definition) is 0. The van der Waals surface area contributed by atoms with Crippen molar-refractivity contribution in [2.75, 3.05) is 31.2 Å². The number of morpholine rings is 1. The molecule has 1 fully saturated rings. The highest BCUT2D eigenvalue weighted by Gasteiger charge is 2.15. The Labute approximate surface area is 151 Å². The molecule has 0 aliphatic carbocycles. The fourth-order valence-corrected chi connectivity index (χ4v) is 3.00. The Balaban J connectivity index is 1.66. The van der Waals surface area contributed by atoms with E-state index in [4.69, 9.17) is 14.5 Å². The SMILES string of the molecule is Cc1ccc(COc2cccn3c(=O)cc(N4CCOCC4)nc23)cc1. The molecule has 0 amide bonds. The molecular weight excluding hydrogens is 330 g/mol. The van der Waals surface area contributed by atoms with Gasteiger partial charge in [-0.2, -0.15) is 0 Å². The molecule has 0 spiro atoms. The van der Waals surface area contributed by atoms with Crippen LogP contribution >= 0.6 is 0 Å². The molecule has 0 saturated carbocycles. The van der Waals surface area contributed by atoms with Gasteiger partial charge in [0.05, 0.1) is 13.2 Å². The van der Waals surface area contributed by atoms with Crippen molar-refractivity contribution >= 4 is 11.5 Å². The lowest BCUT2D eigenvalue weighted by Crippen LogP contribution is -2.37. The van der Waals surface area contributed by atoms with Gasteiger partial charge in [-0.15, -0.1) is 0 Å². The third-order valence-corrected chi connectivity index (χ3v) is 4.49. The van der Waals surface area contributed by atoms with Gasteiger partial charge in [-0.25, -0.2) is 4.98 Å². The maximum Gasteiger partial charge on any atom is 0.260 e. The molecule has 0 bridgehead atoms. The lowest BCUT2D eigenvalue weighted by Gasteiger charge is -2.27. The molecule has 134 valence electrons. The number of benzene rings is 1. The molecule has 3 heterocycles. The Morgan fingerprint density at radius 2 is 1.92 bits per heavy atom. The van der Waals surface area contributed by atoms with Gasteiger partial charge in [0, 0.05) is 25.4 Å². The van der Waals surface area contributed by atoms with Crippen molar-refractivity contribution in [1.29, 1.82) is 0 Å². The van der Waals surface area contributed by atoms with Crippen LogP contribution in [0, 0.1) is 6.92 Å². The highest BCUT2D eigenvalue weighted by Crippen LogP contribution is 2.21. The number of pyridine rings is 1. The van der Waals surface area contributed by atoms with E-state index in [0.29, 0.717) is 37.0 Å². The Morgan fingerprint density at radius 1 is 1.15 bits per heavy atom. The van der Waals surface area contributed by atoms with Gasteiger partial charge >= 0.3 is 0 Å². The quantitative estimate of drug-likeness (QED) is 0.723. The Hall–Kier alpha value is -2.86. The van der Waals surface area contributed by atoms with E-state index in [1.807, 2.05) is 18.2 Å². The van der Waals surface area contributed by atoms with E-state index in [1.165, 1.54) is 9.96 Å². The van der Waals surface area contributed by atoms with Crippen LogP contribution in [0.1, 0.15) is 11.1 Å². The fourth-order valence-electron chi connectivity index (χ4n) is 3.00. The van der Waals surface area contributed by atoms with Crippen molar-refractivity contribution < 1.29 is 9.47 Å². The zero-order valence-corrected chi connectivity index (χ0v) is 14.7. The van der Waals surface area contributed by atoms with E-state index < -0.39 is 0 Å². The standard InChI is InChI=1S/C20H21N3O3/c1-15-4-6-16(7-5-15)14-26-17-3-2-8-23-19(24)13-18(21-20(17)23)22-9-11-25-12-10-22/h2-8,13H,9-12,14H2,1H3. The number of anilines is 1. The van der Waals surface area contributed by atoms with Crippen LogP contribution in [0.3, 0.4) is 0 Å². The smallest absolute Gasteiger partial charge is 0.260 e. The van der Waals surface area contributed by atoms with Gasteiger partial charge in [0.25, 0.3) is 5.56 Å². The first-order valence-corrected chi connectivity index (χ1v) is 8.74. The summed E-state index contributed by atoms with van der Waals surface area (Å²) in [5.74, 6) is 1.27. The third-order valence-electron chi connectivity index (χ3n) is 4.49. The summed E-state index contributed by atoms with van der Waals surface area (Å²) in [7, 11) is 0. The van der Waals surface area contributed by atoms with Crippen molar-refractivity contribution in [2.24, 2.45) is 0 Å². The zero-order valence-electron chi connectivity index (χ0n) is 14.7. The molecule has 0 unspecified atom stereocenters. The predicted octanol–water partition coefficient (Wildman–Crippen LogP) is 2.42. The van der Waals surface area contributed by atoms with Gasteiger partial charge in [0.1, 0.15) is 12.4 Å². The molecule has 0 N–H and O–H groups in total. The van der Waals surface area contributed by atoms with E-state index in [9.17, 15) is 4.79 Å². The summed E-state index contributed by atoms with van der Waals surface area (Å²) in [5, 5.41) is 0. The average molecular weight is 351 g/mol. The molecule has 0 atom stereocenters. The Kier molecular flexibility index (Phi) is 4.58. The molecular formula is C20H21N3O3. The molecule has 3 aromatic rings. The summed E-state index contributed by atoms with van der Waals surface area (Å²) < 4.78 is 12.9. The van der Waals surface area contributed by atoms with E-state index >= 15 is 0 Å². The van der Waals surface area contributed by atoms with Crippen LogP contribution < -0.4 is 15.2 Å². The van der Waals surface area contributed by atoms with E-state index in [2.05, 4.69) is 24.0 Å². The van der Waals surface area contributed by atoms with Gasteiger partial charge in [-0.05, 0) is 24.6 Å². The molecule has 1 saturated heterocycles. The van der Waals surface area contributed by atoms with Crippen LogP contribution in [-0.2, 0) is 11.3 Å². The Morgan fingerprint density at radius 3 is 2.69 bits per heavy atom. The molecule has 4 rings (SSSR count). The minimum Gasteiger partial charge on any atom is -0.485 e. The molecule has 0 radical (unpaired) electrons. The van der Waals surface area contributed by atoms with Gasteiger partial charge in [0.2, 0.25) is 0 Å². The van der Waals surface area contributed by atoms with Crippen molar-refractivity contribution in [3.8, 4) is 5.75 Å². The summed E-state index contributed by atoms with van der Waals surface area (Å²) in [5.41, 5.74) is 2.71. The lowest BCUT2D eigenvalue weighted by atomic mass is 10.2. The van der Waals surface area contributed by atoms with Gasteiger partial charge in [-0.1, -0.05) is 29.8 Å². The fraction of sp³-hybridized carbons (Fsp3) is 0.300. The first-order valence-electron chi connectivity index (χ1n) is 8.74. The lowest BCUT2D eigenvalue weighted by molar-refractivity contribution is 0.122. The summed E-state index contributed by atoms with van der Waals surface area (Å²) in [6, 6.07) is 13.4. The van der Waals surface area contributed by atoms with Gasteiger partial charge in [0.15, 0.2) is 11.4 Å². The molecule has 6 nitrogen and oxygen atoms in total. The maximum atomic E-state index is 12.5. The number of nitrogens with zero attached hydrogens (tertiary/aromatic N) is 3. The van der Waals surface area contributed by atoms with Crippen LogP contribution in [0.25, 0.3) is 5.65 Å². The van der Waals surface area contributed by atoms with Crippen LogP contribution in [0.5, 0.6) is 5.75 Å². The van der Waals surface area contributed by atoms with E-state index in [0.717, 1.165) is 18.7 Å². The molecule has 2 aromatic heterocycles. The number of rotatable bonds is 4. The third kappa shape index (κ3) is 3.41. The van der Waals surface area contributed by atoms with Crippen molar-refractivity contribution in [3.63, 3.8) is 0 Å². The minimum absolute atomic E-state index is 0.114. The molecule has 1 aliphatic rings. The topological polar surface area (TPSA) is 56.1 Å².